The summed E-state index contributed by atoms with van der Waals surface area (Å²) >= 11 is 0. The zero-order valence-corrected chi connectivity index (χ0v) is 13.4. The van der Waals surface area contributed by atoms with Gasteiger partial charge in [-0.25, -0.2) is 0 Å². The fourth-order valence-electron chi connectivity index (χ4n) is 3.64. The Kier molecular flexibility index (Phi) is 3.92. The van der Waals surface area contributed by atoms with Gasteiger partial charge >= 0.3 is 0 Å². The molecule has 3 heteroatoms. The smallest absolute Gasteiger partial charge is 0.225 e. The van der Waals surface area contributed by atoms with Crippen molar-refractivity contribution in [1.82, 2.24) is 4.90 Å². The SMILES string of the molecule is CCN(Cc1ccc(N(C)C)cc1)C(=O)C1CC2CC2C1. The highest BCUT2D eigenvalue weighted by Gasteiger charge is 2.48. The lowest BCUT2D eigenvalue weighted by Gasteiger charge is -2.25. The van der Waals surface area contributed by atoms with Crippen molar-refractivity contribution >= 4 is 11.6 Å². The Morgan fingerprint density at radius 3 is 2.24 bits per heavy atom. The second-order valence-electron chi connectivity index (χ2n) is 6.84. The fraction of sp³-hybridized carbons (Fsp3) is 0.611. The third kappa shape index (κ3) is 3.07. The molecule has 0 aromatic heterocycles. The molecule has 2 fully saturated rings. The summed E-state index contributed by atoms with van der Waals surface area (Å²) in [6.07, 6.45) is 3.65. The van der Waals surface area contributed by atoms with E-state index in [-0.39, 0.29) is 0 Å². The molecule has 114 valence electrons. The first-order valence-corrected chi connectivity index (χ1v) is 8.13. The average molecular weight is 286 g/mol. The number of carbonyl (C=O) groups is 1. The second-order valence-corrected chi connectivity index (χ2v) is 6.84. The Labute approximate surface area is 127 Å². The van der Waals surface area contributed by atoms with Crippen molar-refractivity contribution in [2.75, 3.05) is 25.5 Å². The molecule has 3 rings (SSSR count). The maximum atomic E-state index is 12.6. The van der Waals surface area contributed by atoms with Crippen LogP contribution in [0.15, 0.2) is 24.3 Å². The molecule has 21 heavy (non-hydrogen) atoms. The molecule has 1 aromatic carbocycles. The lowest BCUT2D eigenvalue weighted by Crippen LogP contribution is -2.35. The van der Waals surface area contributed by atoms with Crippen LogP contribution in [-0.2, 0) is 11.3 Å². The summed E-state index contributed by atoms with van der Waals surface area (Å²) in [5.41, 5.74) is 2.42. The summed E-state index contributed by atoms with van der Waals surface area (Å²) in [4.78, 5) is 16.8. The number of carbonyl (C=O) groups excluding carboxylic acids is 1. The number of nitrogens with zero attached hydrogens (tertiary/aromatic N) is 2. The van der Waals surface area contributed by atoms with E-state index in [1.54, 1.807) is 0 Å². The number of rotatable bonds is 5. The molecule has 3 nitrogen and oxygen atoms in total. The average Bonchev–Trinajstić information content (AvgIpc) is 3.10. The van der Waals surface area contributed by atoms with Gasteiger partial charge in [0.05, 0.1) is 0 Å². The summed E-state index contributed by atoms with van der Waals surface area (Å²) in [6, 6.07) is 8.52. The van der Waals surface area contributed by atoms with E-state index < -0.39 is 0 Å². The van der Waals surface area contributed by atoms with Gasteiger partial charge in [0.2, 0.25) is 5.91 Å². The van der Waals surface area contributed by atoms with Crippen LogP contribution in [0.2, 0.25) is 0 Å². The third-order valence-corrected chi connectivity index (χ3v) is 5.11. The van der Waals surface area contributed by atoms with Crippen molar-refractivity contribution in [3.8, 4) is 0 Å². The van der Waals surface area contributed by atoms with Crippen molar-refractivity contribution < 1.29 is 4.79 Å². The number of anilines is 1. The molecule has 0 saturated heterocycles. The molecule has 0 bridgehead atoms. The Hall–Kier alpha value is -1.51. The molecule has 0 radical (unpaired) electrons. The summed E-state index contributed by atoms with van der Waals surface area (Å²) < 4.78 is 0. The van der Waals surface area contributed by atoms with Crippen LogP contribution in [0.5, 0.6) is 0 Å². The second kappa shape index (κ2) is 5.70. The van der Waals surface area contributed by atoms with E-state index in [2.05, 4.69) is 36.1 Å². The molecule has 0 N–H and O–H groups in total. The van der Waals surface area contributed by atoms with Gasteiger partial charge in [-0.2, -0.15) is 0 Å². The Morgan fingerprint density at radius 1 is 1.10 bits per heavy atom. The summed E-state index contributed by atoms with van der Waals surface area (Å²) in [6.45, 7) is 3.64. The minimum absolute atomic E-state index is 0.301. The van der Waals surface area contributed by atoms with Gasteiger partial charge in [0, 0.05) is 38.8 Å². The van der Waals surface area contributed by atoms with Gasteiger partial charge in [0.15, 0.2) is 0 Å². The van der Waals surface area contributed by atoms with E-state index in [0.29, 0.717) is 11.8 Å². The van der Waals surface area contributed by atoms with E-state index in [0.717, 1.165) is 37.8 Å². The van der Waals surface area contributed by atoms with Crippen LogP contribution in [0.1, 0.15) is 31.7 Å². The highest BCUT2D eigenvalue weighted by molar-refractivity contribution is 5.79. The van der Waals surface area contributed by atoms with E-state index in [1.807, 2.05) is 19.0 Å². The number of amides is 1. The van der Waals surface area contributed by atoms with Gasteiger partial charge in [-0.15, -0.1) is 0 Å². The lowest BCUT2D eigenvalue weighted by molar-refractivity contribution is -0.136. The van der Waals surface area contributed by atoms with Crippen molar-refractivity contribution in [3.63, 3.8) is 0 Å². The first-order chi connectivity index (χ1) is 10.1. The largest absolute Gasteiger partial charge is 0.378 e. The molecule has 0 heterocycles. The van der Waals surface area contributed by atoms with Gasteiger partial charge in [-0.1, -0.05) is 12.1 Å². The number of fused-ring (bicyclic) bond motifs is 1. The molecule has 1 aromatic rings. The quantitative estimate of drug-likeness (QED) is 0.830. The molecular formula is C18H26N2O. The normalized spacial score (nSPS) is 26.3. The minimum atomic E-state index is 0.301. The number of benzene rings is 1. The molecule has 0 spiro atoms. The zero-order chi connectivity index (χ0) is 15.0. The third-order valence-electron chi connectivity index (χ3n) is 5.11. The van der Waals surface area contributed by atoms with E-state index in [9.17, 15) is 4.79 Å². The predicted molar refractivity (Wildman–Crippen MR) is 86.2 cm³/mol. The first kappa shape index (κ1) is 14.4. The summed E-state index contributed by atoms with van der Waals surface area (Å²) in [5, 5.41) is 0. The maximum absolute atomic E-state index is 12.6. The van der Waals surface area contributed by atoms with Gasteiger partial charge in [-0.05, 0) is 55.7 Å². The predicted octanol–water partition coefficient (Wildman–Crippen LogP) is 3.15. The van der Waals surface area contributed by atoms with Crippen LogP contribution in [0.4, 0.5) is 5.69 Å². The number of hydrogen-bond acceptors (Lipinski definition) is 2. The molecule has 2 aliphatic carbocycles. The Morgan fingerprint density at radius 2 is 1.71 bits per heavy atom. The number of hydrogen-bond donors (Lipinski definition) is 0. The summed E-state index contributed by atoms with van der Waals surface area (Å²) in [5.74, 6) is 2.42. The van der Waals surface area contributed by atoms with Crippen molar-refractivity contribution in [3.05, 3.63) is 29.8 Å². The van der Waals surface area contributed by atoms with Crippen molar-refractivity contribution in [1.29, 1.82) is 0 Å². The van der Waals surface area contributed by atoms with Crippen LogP contribution in [-0.4, -0.2) is 31.4 Å². The van der Waals surface area contributed by atoms with Crippen LogP contribution in [0, 0.1) is 17.8 Å². The van der Waals surface area contributed by atoms with Crippen LogP contribution >= 0.6 is 0 Å². The van der Waals surface area contributed by atoms with Crippen LogP contribution < -0.4 is 4.90 Å². The highest BCUT2D eigenvalue weighted by Crippen LogP contribution is 2.54. The van der Waals surface area contributed by atoms with Crippen molar-refractivity contribution in [2.45, 2.75) is 32.7 Å². The first-order valence-electron chi connectivity index (χ1n) is 8.13. The molecule has 0 aliphatic heterocycles. The Balaban J connectivity index is 1.62. The molecule has 1 amide bonds. The lowest BCUT2D eigenvalue weighted by atomic mass is 10.0. The van der Waals surface area contributed by atoms with Gasteiger partial charge in [-0.3, -0.25) is 4.79 Å². The zero-order valence-electron chi connectivity index (χ0n) is 13.4. The van der Waals surface area contributed by atoms with Crippen LogP contribution in [0.3, 0.4) is 0 Å². The monoisotopic (exact) mass is 286 g/mol. The Bertz CT molecular complexity index is 498. The standard InChI is InChI=1S/C18H26N2O/c1-4-20(18(21)16-10-14-9-15(14)11-16)12-13-5-7-17(8-6-13)19(2)3/h5-8,14-16H,4,9-12H2,1-3H3. The molecule has 2 aliphatic rings. The van der Waals surface area contributed by atoms with E-state index in [1.165, 1.54) is 17.7 Å². The van der Waals surface area contributed by atoms with Gasteiger partial charge < -0.3 is 9.80 Å². The van der Waals surface area contributed by atoms with Gasteiger partial charge in [0.1, 0.15) is 0 Å². The van der Waals surface area contributed by atoms with E-state index in [4.69, 9.17) is 0 Å². The fourth-order valence-corrected chi connectivity index (χ4v) is 3.64. The summed E-state index contributed by atoms with van der Waals surface area (Å²) in [7, 11) is 4.09. The molecular weight excluding hydrogens is 260 g/mol. The molecule has 2 saturated carbocycles. The minimum Gasteiger partial charge on any atom is -0.378 e. The van der Waals surface area contributed by atoms with E-state index >= 15 is 0 Å². The topological polar surface area (TPSA) is 23.6 Å². The van der Waals surface area contributed by atoms with Crippen LogP contribution in [0.25, 0.3) is 0 Å². The molecule has 2 atom stereocenters. The highest BCUT2D eigenvalue weighted by atomic mass is 16.2. The molecule has 2 unspecified atom stereocenters. The van der Waals surface area contributed by atoms with Crippen molar-refractivity contribution in [2.24, 2.45) is 17.8 Å². The van der Waals surface area contributed by atoms with Gasteiger partial charge in [0.25, 0.3) is 0 Å². The maximum Gasteiger partial charge on any atom is 0.225 e.